The molecule has 88 valence electrons. The minimum absolute atomic E-state index is 0.547. The van der Waals surface area contributed by atoms with Gasteiger partial charge in [0, 0.05) is 20.5 Å². The summed E-state index contributed by atoms with van der Waals surface area (Å²) in [5.74, 6) is 0.288. The van der Waals surface area contributed by atoms with E-state index in [9.17, 15) is 0 Å². The van der Waals surface area contributed by atoms with Gasteiger partial charge in [-0.25, -0.2) is 0 Å². The molecule has 0 aliphatic carbocycles. The van der Waals surface area contributed by atoms with Gasteiger partial charge < -0.3 is 9.47 Å². The van der Waals surface area contributed by atoms with Crippen LogP contribution in [0, 0.1) is 0 Å². The Morgan fingerprint density at radius 1 is 1.38 bits per heavy atom. The summed E-state index contributed by atoms with van der Waals surface area (Å²) in [5, 5.41) is 0. The minimum Gasteiger partial charge on any atom is -0.463 e. The van der Waals surface area contributed by atoms with Crippen molar-refractivity contribution in [1.82, 2.24) is 0 Å². The summed E-state index contributed by atoms with van der Waals surface area (Å²) in [6.07, 6.45) is 4.86. The zero-order valence-corrected chi connectivity index (χ0v) is 10.5. The number of ether oxygens (including phenoxy) is 2. The molecule has 16 heavy (non-hydrogen) atoms. The fourth-order valence-electron chi connectivity index (χ4n) is 1.38. The molecule has 0 fully saturated rings. The Hall–Kier alpha value is -1.28. The number of allylic oxidation sites excluding steroid dienone is 1. The van der Waals surface area contributed by atoms with Gasteiger partial charge in [-0.05, 0) is 24.6 Å². The first-order chi connectivity index (χ1) is 7.63. The third-order valence-electron chi connectivity index (χ3n) is 2.62. The van der Waals surface area contributed by atoms with Crippen molar-refractivity contribution >= 4 is 6.08 Å². The normalized spacial score (nSPS) is 15.0. The lowest BCUT2D eigenvalue weighted by molar-refractivity contribution is -0.151. The number of hydrogen-bond donors (Lipinski definition) is 0. The SMILES string of the molecule is CC=Cc1cccc(OC(C)(CC)OC)c1. The molecule has 0 heterocycles. The lowest BCUT2D eigenvalue weighted by atomic mass is 10.2. The molecule has 2 heteroatoms. The molecule has 0 saturated heterocycles. The van der Waals surface area contributed by atoms with E-state index in [0.29, 0.717) is 0 Å². The average Bonchev–Trinajstić information content (AvgIpc) is 2.30. The summed E-state index contributed by atoms with van der Waals surface area (Å²) in [4.78, 5) is 0. The van der Waals surface area contributed by atoms with Crippen molar-refractivity contribution in [3.05, 3.63) is 35.9 Å². The van der Waals surface area contributed by atoms with Crippen LogP contribution in [-0.4, -0.2) is 12.9 Å². The zero-order chi connectivity index (χ0) is 12.0. The number of benzene rings is 1. The van der Waals surface area contributed by atoms with Gasteiger partial charge in [-0.15, -0.1) is 0 Å². The maximum Gasteiger partial charge on any atom is 0.207 e. The van der Waals surface area contributed by atoms with Crippen molar-refractivity contribution in [1.29, 1.82) is 0 Å². The smallest absolute Gasteiger partial charge is 0.207 e. The van der Waals surface area contributed by atoms with Crippen molar-refractivity contribution < 1.29 is 9.47 Å². The highest BCUT2D eigenvalue weighted by molar-refractivity contribution is 5.51. The first kappa shape index (κ1) is 12.8. The van der Waals surface area contributed by atoms with Gasteiger partial charge in [0.15, 0.2) is 0 Å². The molecule has 0 aliphatic rings. The summed E-state index contributed by atoms with van der Waals surface area (Å²) in [7, 11) is 1.67. The Labute approximate surface area is 97.9 Å². The molecular formula is C14H20O2. The van der Waals surface area contributed by atoms with E-state index < -0.39 is 5.79 Å². The third kappa shape index (κ3) is 3.38. The Balaban J connectivity index is 2.84. The van der Waals surface area contributed by atoms with E-state index in [4.69, 9.17) is 9.47 Å². The first-order valence-electron chi connectivity index (χ1n) is 5.60. The van der Waals surface area contributed by atoms with Crippen molar-refractivity contribution in [2.75, 3.05) is 7.11 Å². The molecule has 1 aromatic rings. The van der Waals surface area contributed by atoms with Crippen LogP contribution in [0.3, 0.4) is 0 Å². The van der Waals surface area contributed by atoms with Crippen LogP contribution in [0.15, 0.2) is 30.3 Å². The summed E-state index contributed by atoms with van der Waals surface area (Å²) in [6, 6.07) is 7.98. The van der Waals surface area contributed by atoms with Crippen molar-refractivity contribution in [2.24, 2.45) is 0 Å². The Kier molecular flexibility index (Phi) is 4.56. The van der Waals surface area contributed by atoms with Crippen LogP contribution in [0.5, 0.6) is 5.75 Å². The molecule has 0 bridgehead atoms. The van der Waals surface area contributed by atoms with Gasteiger partial charge in [-0.3, -0.25) is 0 Å². The Morgan fingerprint density at radius 3 is 2.69 bits per heavy atom. The van der Waals surface area contributed by atoms with E-state index in [0.717, 1.165) is 17.7 Å². The van der Waals surface area contributed by atoms with Crippen LogP contribution in [0.1, 0.15) is 32.8 Å². The Morgan fingerprint density at radius 2 is 2.12 bits per heavy atom. The molecule has 1 aromatic carbocycles. The zero-order valence-electron chi connectivity index (χ0n) is 10.5. The fourth-order valence-corrected chi connectivity index (χ4v) is 1.38. The summed E-state index contributed by atoms with van der Waals surface area (Å²) in [5.41, 5.74) is 1.13. The topological polar surface area (TPSA) is 18.5 Å². The number of rotatable bonds is 5. The van der Waals surface area contributed by atoms with Gasteiger partial charge in [0.25, 0.3) is 0 Å². The lowest BCUT2D eigenvalue weighted by Gasteiger charge is -2.27. The van der Waals surface area contributed by atoms with Crippen LogP contribution < -0.4 is 4.74 Å². The summed E-state index contributed by atoms with van der Waals surface area (Å²) in [6.45, 7) is 5.98. The van der Waals surface area contributed by atoms with Crippen molar-refractivity contribution in [3.63, 3.8) is 0 Å². The van der Waals surface area contributed by atoms with E-state index in [1.807, 2.05) is 57.2 Å². The second-order valence-corrected chi connectivity index (χ2v) is 3.87. The molecule has 0 spiro atoms. The van der Waals surface area contributed by atoms with E-state index in [1.165, 1.54) is 0 Å². The van der Waals surface area contributed by atoms with Gasteiger partial charge in [0.05, 0.1) is 0 Å². The second-order valence-electron chi connectivity index (χ2n) is 3.87. The second kappa shape index (κ2) is 5.71. The molecule has 0 radical (unpaired) electrons. The molecule has 0 saturated carbocycles. The van der Waals surface area contributed by atoms with Crippen LogP contribution in [-0.2, 0) is 4.74 Å². The van der Waals surface area contributed by atoms with Crippen LogP contribution in [0.2, 0.25) is 0 Å². The lowest BCUT2D eigenvalue weighted by Crippen LogP contribution is -2.33. The third-order valence-corrected chi connectivity index (χ3v) is 2.62. The standard InChI is InChI=1S/C14H20O2/c1-5-8-12-9-7-10-13(11-12)16-14(3,6-2)15-4/h5,7-11H,6H2,1-4H3. The largest absolute Gasteiger partial charge is 0.463 e. The summed E-state index contributed by atoms with van der Waals surface area (Å²) < 4.78 is 11.2. The minimum atomic E-state index is -0.547. The van der Waals surface area contributed by atoms with Gasteiger partial charge in [-0.1, -0.05) is 31.2 Å². The molecule has 0 aliphatic heterocycles. The Bertz CT molecular complexity index is 352. The van der Waals surface area contributed by atoms with Gasteiger partial charge in [-0.2, -0.15) is 0 Å². The predicted molar refractivity (Wildman–Crippen MR) is 67.5 cm³/mol. The number of methoxy groups -OCH3 is 1. The fraction of sp³-hybridized carbons (Fsp3) is 0.429. The monoisotopic (exact) mass is 220 g/mol. The first-order valence-corrected chi connectivity index (χ1v) is 5.60. The highest BCUT2D eigenvalue weighted by Gasteiger charge is 2.22. The molecule has 0 N–H and O–H groups in total. The average molecular weight is 220 g/mol. The molecule has 1 rings (SSSR count). The van der Waals surface area contributed by atoms with Crippen LogP contribution in [0.4, 0.5) is 0 Å². The molecule has 1 atom stereocenters. The quantitative estimate of drug-likeness (QED) is 0.701. The predicted octanol–water partition coefficient (Wildman–Crippen LogP) is 3.87. The van der Waals surface area contributed by atoms with Gasteiger partial charge in [0.1, 0.15) is 5.75 Å². The molecule has 1 unspecified atom stereocenters. The van der Waals surface area contributed by atoms with Crippen LogP contribution in [0.25, 0.3) is 6.08 Å². The number of hydrogen-bond acceptors (Lipinski definition) is 2. The maximum absolute atomic E-state index is 5.83. The van der Waals surface area contributed by atoms with E-state index >= 15 is 0 Å². The highest BCUT2D eigenvalue weighted by atomic mass is 16.7. The summed E-state index contributed by atoms with van der Waals surface area (Å²) >= 11 is 0. The molecular weight excluding hydrogens is 200 g/mol. The van der Waals surface area contributed by atoms with Gasteiger partial charge in [0.2, 0.25) is 5.79 Å². The van der Waals surface area contributed by atoms with Crippen molar-refractivity contribution in [2.45, 2.75) is 33.0 Å². The van der Waals surface area contributed by atoms with Crippen LogP contribution >= 0.6 is 0 Å². The molecule has 2 nitrogen and oxygen atoms in total. The highest BCUT2D eigenvalue weighted by Crippen LogP contribution is 2.23. The molecule has 0 aromatic heterocycles. The maximum atomic E-state index is 5.83. The van der Waals surface area contributed by atoms with E-state index in [1.54, 1.807) is 7.11 Å². The van der Waals surface area contributed by atoms with E-state index in [2.05, 4.69) is 0 Å². The van der Waals surface area contributed by atoms with Gasteiger partial charge >= 0.3 is 0 Å². The molecule has 0 amide bonds. The van der Waals surface area contributed by atoms with Crippen molar-refractivity contribution in [3.8, 4) is 5.75 Å². The van der Waals surface area contributed by atoms with E-state index in [-0.39, 0.29) is 0 Å².